The molecule has 0 saturated heterocycles. The maximum atomic E-state index is 6.14. The topological polar surface area (TPSA) is 12.0 Å². The summed E-state index contributed by atoms with van der Waals surface area (Å²) >= 11 is 15.6. The summed E-state index contributed by atoms with van der Waals surface area (Å²) in [4.78, 5) is 0. The van der Waals surface area contributed by atoms with Crippen molar-refractivity contribution in [3.8, 4) is 0 Å². The van der Waals surface area contributed by atoms with Crippen LogP contribution >= 0.6 is 39.1 Å². The van der Waals surface area contributed by atoms with E-state index < -0.39 is 0 Å². The predicted octanol–water partition coefficient (Wildman–Crippen LogP) is 5.41. The van der Waals surface area contributed by atoms with Gasteiger partial charge in [0.25, 0.3) is 0 Å². The molecule has 1 N–H and O–H groups in total. The van der Waals surface area contributed by atoms with E-state index in [1.54, 1.807) is 0 Å². The summed E-state index contributed by atoms with van der Waals surface area (Å²) in [6.07, 6.45) is 0.934. The number of rotatable bonds is 4. The summed E-state index contributed by atoms with van der Waals surface area (Å²) in [6, 6.07) is 14.0. The normalized spacial score (nSPS) is 10.4. The first-order chi connectivity index (χ1) is 8.66. The number of nitrogens with one attached hydrogen (secondary N) is 1. The van der Waals surface area contributed by atoms with Crippen LogP contribution in [0.25, 0.3) is 0 Å². The second-order valence-corrected chi connectivity index (χ2v) is 5.64. The predicted molar refractivity (Wildman–Crippen MR) is 82.8 cm³/mol. The van der Waals surface area contributed by atoms with Gasteiger partial charge in [-0.2, -0.15) is 0 Å². The molecule has 0 bridgehead atoms. The van der Waals surface area contributed by atoms with Crippen molar-refractivity contribution in [2.75, 3.05) is 11.9 Å². The van der Waals surface area contributed by atoms with Crippen LogP contribution in [-0.4, -0.2) is 6.54 Å². The number of hydrogen-bond donors (Lipinski definition) is 1. The molecule has 4 heteroatoms. The molecule has 0 aliphatic rings. The fourth-order valence-corrected chi connectivity index (χ4v) is 3.03. The van der Waals surface area contributed by atoms with Crippen molar-refractivity contribution in [2.24, 2.45) is 0 Å². The molecule has 94 valence electrons. The summed E-state index contributed by atoms with van der Waals surface area (Å²) in [5, 5.41) is 4.53. The van der Waals surface area contributed by atoms with Crippen LogP contribution in [0.1, 0.15) is 5.56 Å². The van der Waals surface area contributed by atoms with Crippen LogP contribution in [0.5, 0.6) is 0 Å². The quantitative estimate of drug-likeness (QED) is 0.781. The van der Waals surface area contributed by atoms with Crippen molar-refractivity contribution in [1.29, 1.82) is 0 Å². The molecule has 18 heavy (non-hydrogen) atoms. The SMILES string of the molecule is Clc1cc(Br)cc(Cl)c1NCCc1ccccc1. The Morgan fingerprint density at radius 1 is 1.00 bits per heavy atom. The summed E-state index contributed by atoms with van der Waals surface area (Å²) in [5.41, 5.74) is 2.08. The third-order valence-electron chi connectivity index (χ3n) is 2.57. The van der Waals surface area contributed by atoms with Gasteiger partial charge in [-0.3, -0.25) is 0 Å². The van der Waals surface area contributed by atoms with Gasteiger partial charge in [0, 0.05) is 11.0 Å². The molecule has 2 aromatic carbocycles. The van der Waals surface area contributed by atoms with Crippen molar-refractivity contribution in [2.45, 2.75) is 6.42 Å². The number of hydrogen-bond acceptors (Lipinski definition) is 1. The minimum atomic E-state index is 0.627. The molecular weight excluding hydrogens is 333 g/mol. The lowest BCUT2D eigenvalue weighted by molar-refractivity contribution is 1.02. The van der Waals surface area contributed by atoms with Crippen LogP contribution in [0.4, 0.5) is 5.69 Å². The molecule has 0 unspecified atom stereocenters. The Hall–Kier alpha value is -0.700. The zero-order valence-corrected chi connectivity index (χ0v) is 12.7. The van der Waals surface area contributed by atoms with Crippen LogP contribution < -0.4 is 5.32 Å². The van der Waals surface area contributed by atoms with E-state index in [1.165, 1.54) is 5.56 Å². The zero-order chi connectivity index (χ0) is 13.0. The number of benzene rings is 2. The third-order valence-corrected chi connectivity index (χ3v) is 3.62. The minimum Gasteiger partial charge on any atom is -0.382 e. The highest BCUT2D eigenvalue weighted by Crippen LogP contribution is 2.33. The summed E-state index contributed by atoms with van der Waals surface area (Å²) in [7, 11) is 0. The van der Waals surface area contributed by atoms with Gasteiger partial charge in [-0.05, 0) is 24.1 Å². The molecule has 0 fully saturated rings. The highest BCUT2D eigenvalue weighted by atomic mass is 79.9. The second-order valence-electron chi connectivity index (χ2n) is 3.91. The molecule has 0 aliphatic heterocycles. The molecule has 0 saturated carbocycles. The standard InChI is InChI=1S/C14H12BrCl2N/c15-11-8-12(16)14(13(17)9-11)18-7-6-10-4-2-1-3-5-10/h1-5,8-9,18H,6-7H2. The Balaban J connectivity index is 1.99. The van der Waals surface area contributed by atoms with Crippen LogP contribution in [-0.2, 0) is 6.42 Å². The van der Waals surface area contributed by atoms with E-state index in [-0.39, 0.29) is 0 Å². The first-order valence-electron chi connectivity index (χ1n) is 5.59. The summed E-state index contributed by atoms with van der Waals surface area (Å²) < 4.78 is 0.881. The summed E-state index contributed by atoms with van der Waals surface area (Å²) in [6.45, 7) is 0.797. The molecule has 0 spiro atoms. The van der Waals surface area contributed by atoms with Crippen molar-refractivity contribution in [3.63, 3.8) is 0 Å². The maximum Gasteiger partial charge on any atom is 0.0719 e. The lowest BCUT2D eigenvalue weighted by atomic mass is 10.1. The van der Waals surface area contributed by atoms with Crippen LogP contribution in [0.15, 0.2) is 46.9 Å². The smallest absolute Gasteiger partial charge is 0.0719 e. The van der Waals surface area contributed by atoms with Crippen molar-refractivity contribution >= 4 is 44.8 Å². The van der Waals surface area contributed by atoms with Gasteiger partial charge in [0.2, 0.25) is 0 Å². The average molecular weight is 345 g/mol. The van der Waals surface area contributed by atoms with Gasteiger partial charge in [-0.25, -0.2) is 0 Å². The molecule has 2 rings (SSSR count). The highest BCUT2D eigenvalue weighted by Gasteiger charge is 2.06. The maximum absolute atomic E-state index is 6.14. The number of anilines is 1. The number of halogens is 3. The monoisotopic (exact) mass is 343 g/mol. The Labute approximate surface area is 125 Å². The van der Waals surface area contributed by atoms with Gasteiger partial charge < -0.3 is 5.32 Å². The van der Waals surface area contributed by atoms with E-state index in [0.717, 1.165) is 23.1 Å². The molecule has 0 aliphatic carbocycles. The Bertz CT molecular complexity index is 506. The third kappa shape index (κ3) is 3.64. The Morgan fingerprint density at radius 2 is 1.61 bits per heavy atom. The van der Waals surface area contributed by atoms with Crippen LogP contribution in [0.2, 0.25) is 10.0 Å². The molecular formula is C14H12BrCl2N. The van der Waals surface area contributed by atoms with Gasteiger partial charge in [0.05, 0.1) is 15.7 Å². The van der Waals surface area contributed by atoms with E-state index in [2.05, 4.69) is 33.4 Å². The van der Waals surface area contributed by atoms with E-state index in [9.17, 15) is 0 Å². The molecule has 0 atom stereocenters. The van der Waals surface area contributed by atoms with Crippen molar-refractivity contribution in [3.05, 3.63) is 62.5 Å². The van der Waals surface area contributed by atoms with Gasteiger partial charge in [0.15, 0.2) is 0 Å². The molecule has 1 nitrogen and oxygen atoms in total. The Kier molecular flexibility index (Phi) is 4.93. The van der Waals surface area contributed by atoms with E-state index in [1.807, 2.05) is 30.3 Å². The molecule has 0 radical (unpaired) electrons. The molecule has 0 aromatic heterocycles. The minimum absolute atomic E-state index is 0.627. The molecule has 0 amide bonds. The van der Waals surface area contributed by atoms with Crippen molar-refractivity contribution < 1.29 is 0 Å². The van der Waals surface area contributed by atoms with Gasteiger partial charge in [0.1, 0.15) is 0 Å². The fraction of sp³-hybridized carbons (Fsp3) is 0.143. The first kappa shape index (κ1) is 13.7. The largest absolute Gasteiger partial charge is 0.382 e. The lowest BCUT2D eigenvalue weighted by Crippen LogP contribution is -2.05. The van der Waals surface area contributed by atoms with E-state index in [4.69, 9.17) is 23.2 Å². The molecule has 0 heterocycles. The van der Waals surface area contributed by atoms with Gasteiger partial charge in [-0.1, -0.05) is 69.5 Å². The Morgan fingerprint density at radius 3 is 2.22 bits per heavy atom. The highest BCUT2D eigenvalue weighted by molar-refractivity contribution is 9.10. The van der Waals surface area contributed by atoms with Crippen LogP contribution in [0, 0.1) is 0 Å². The second kappa shape index (κ2) is 6.46. The van der Waals surface area contributed by atoms with E-state index in [0.29, 0.717) is 10.0 Å². The van der Waals surface area contributed by atoms with Gasteiger partial charge in [-0.15, -0.1) is 0 Å². The lowest BCUT2D eigenvalue weighted by Gasteiger charge is -2.11. The fourth-order valence-electron chi connectivity index (χ4n) is 1.69. The zero-order valence-electron chi connectivity index (χ0n) is 9.59. The molecule has 2 aromatic rings. The van der Waals surface area contributed by atoms with Crippen molar-refractivity contribution in [1.82, 2.24) is 0 Å². The van der Waals surface area contributed by atoms with Gasteiger partial charge >= 0.3 is 0 Å². The first-order valence-corrected chi connectivity index (χ1v) is 7.14. The van der Waals surface area contributed by atoms with Crippen LogP contribution in [0.3, 0.4) is 0 Å². The van der Waals surface area contributed by atoms with E-state index >= 15 is 0 Å². The average Bonchev–Trinajstić information content (AvgIpc) is 2.34. The summed E-state index contributed by atoms with van der Waals surface area (Å²) in [5.74, 6) is 0.